The first kappa shape index (κ1) is 34.5. The number of hydrogen-bond acceptors (Lipinski definition) is 7. The highest BCUT2D eigenvalue weighted by atomic mass is 35.5. The van der Waals surface area contributed by atoms with Gasteiger partial charge in [0.2, 0.25) is 5.91 Å². The fourth-order valence-electron chi connectivity index (χ4n) is 5.71. The average Bonchev–Trinajstić information content (AvgIpc) is 3.45. The minimum atomic E-state index is -4.70. The molecule has 1 aliphatic rings. The Morgan fingerprint density at radius 2 is 1.78 bits per heavy atom. The molecule has 0 bridgehead atoms. The minimum Gasteiger partial charge on any atom is -0.494 e. The van der Waals surface area contributed by atoms with Gasteiger partial charge in [0.1, 0.15) is 52.0 Å². The van der Waals surface area contributed by atoms with Crippen molar-refractivity contribution < 1.29 is 46.1 Å². The number of carbonyl (C=O) groups is 2. The van der Waals surface area contributed by atoms with Crippen molar-refractivity contribution in [3.8, 4) is 22.8 Å². The first-order valence-corrected chi connectivity index (χ1v) is 15.2. The first-order chi connectivity index (χ1) is 23.6. The van der Waals surface area contributed by atoms with Crippen molar-refractivity contribution in [3.05, 3.63) is 118 Å². The van der Waals surface area contributed by atoms with Gasteiger partial charge in [-0.05, 0) is 42.8 Å². The third-order valence-electron chi connectivity index (χ3n) is 8.62. The molecule has 0 aliphatic carbocycles. The van der Waals surface area contributed by atoms with E-state index in [0.717, 1.165) is 12.1 Å². The summed E-state index contributed by atoms with van der Waals surface area (Å²) in [6.07, 6.45) is -4.04. The topological polar surface area (TPSA) is 137 Å². The van der Waals surface area contributed by atoms with Gasteiger partial charge in [0.15, 0.2) is 0 Å². The smallest absolute Gasteiger partial charge is 0.417 e. The van der Waals surface area contributed by atoms with Gasteiger partial charge in [0, 0.05) is 34.3 Å². The van der Waals surface area contributed by atoms with Gasteiger partial charge in [-0.2, -0.15) is 13.2 Å². The number of primary amides is 1. The molecule has 9 nitrogen and oxygen atoms in total. The SMILES string of the molecule is COc1cc(C(=O)NC[C@@](O)(c2ccccc2)c2cc3c(c(-c4cc(Cl)c(F)cc4F)n2)OC[C@]3(C)C(N)=O)cc2cc(C(F)(F)F)cnc12. The molecule has 0 spiro atoms. The molecule has 15 heteroatoms. The monoisotopic (exact) mass is 712 g/mol. The van der Waals surface area contributed by atoms with Gasteiger partial charge in [-0.15, -0.1) is 0 Å². The molecule has 0 saturated heterocycles. The van der Waals surface area contributed by atoms with Crippen LogP contribution in [0.4, 0.5) is 22.0 Å². The molecule has 50 heavy (non-hydrogen) atoms. The summed E-state index contributed by atoms with van der Waals surface area (Å²) in [7, 11) is 1.27. The maximum absolute atomic E-state index is 15.3. The molecule has 2 atom stereocenters. The maximum atomic E-state index is 15.3. The van der Waals surface area contributed by atoms with Crippen LogP contribution in [0.5, 0.6) is 11.5 Å². The van der Waals surface area contributed by atoms with Gasteiger partial charge >= 0.3 is 6.18 Å². The van der Waals surface area contributed by atoms with E-state index >= 15 is 4.39 Å². The Morgan fingerprint density at radius 1 is 1.06 bits per heavy atom. The molecule has 0 unspecified atom stereocenters. The number of alkyl halides is 3. The molecule has 4 N–H and O–H groups in total. The molecule has 258 valence electrons. The van der Waals surface area contributed by atoms with Crippen LogP contribution < -0.4 is 20.5 Å². The number of ether oxygens (including phenoxy) is 2. The zero-order valence-corrected chi connectivity index (χ0v) is 26.9. The molecule has 0 radical (unpaired) electrons. The molecule has 0 fully saturated rings. The Morgan fingerprint density at radius 3 is 2.44 bits per heavy atom. The zero-order valence-electron chi connectivity index (χ0n) is 26.2. The summed E-state index contributed by atoms with van der Waals surface area (Å²) in [4.78, 5) is 34.7. The van der Waals surface area contributed by atoms with Gasteiger partial charge in [0.25, 0.3) is 5.91 Å². The number of benzene rings is 3. The predicted molar refractivity (Wildman–Crippen MR) is 172 cm³/mol. The summed E-state index contributed by atoms with van der Waals surface area (Å²) in [6.45, 7) is 0.628. The van der Waals surface area contributed by atoms with Crippen LogP contribution in [0.3, 0.4) is 0 Å². The van der Waals surface area contributed by atoms with E-state index in [0.29, 0.717) is 12.3 Å². The van der Waals surface area contributed by atoms with Crippen LogP contribution in [0.2, 0.25) is 5.02 Å². The van der Waals surface area contributed by atoms with Gasteiger partial charge in [-0.25, -0.2) is 13.8 Å². The van der Waals surface area contributed by atoms with Crippen molar-refractivity contribution in [1.82, 2.24) is 15.3 Å². The number of aliphatic hydroxyl groups is 1. The van der Waals surface area contributed by atoms with Crippen LogP contribution in [0.1, 0.15) is 39.7 Å². The van der Waals surface area contributed by atoms with E-state index in [1.807, 2.05) is 0 Å². The third kappa shape index (κ3) is 5.94. The number of rotatable bonds is 8. The van der Waals surface area contributed by atoms with Crippen LogP contribution in [0.25, 0.3) is 22.2 Å². The standard InChI is InChI=1S/C35H26ClF5N4O5/c1-33(32(42)47)16-50-30-22(33)12-27(45-29(30)21-11-23(36)25(38)13-24(21)37)34(48,19-6-4-3-5-7-19)15-44-31(46)18-8-17-9-20(35(39,40)41)14-43-28(17)26(10-18)49-2/h3-14,48H,15-16H2,1-2H3,(H2,42,47)(H,44,46)/t33-,34+/m0/s1. The van der Waals surface area contributed by atoms with Crippen LogP contribution in [0.15, 0.2) is 72.9 Å². The molecular weight excluding hydrogens is 687 g/mol. The van der Waals surface area contributed by atoms with Gasteiger partial charge in [0.05, 0.1) is 29.9 Å². The Labute approximate surface area is 285 Å². The molecule has 2 amide bonds. The maximum Gasteiger partial charge on any atom is 0.417 e. The lowest BCUT2D eigenvalue weighted by Crippen LogP contribution is -2.43. The second kappa shape index (κ2) is 12.5. The number of carbonyl (C=O) groups excluding carboxylic acids is 2. The highest BCUT2D eigenvalue weighted by Crippen LogP contribution is 2.47. The van der Waals surface area contributed by atoms with Crippen LogP contribution in [0, 0.1) is 11.6 Å². The van der Waals surface area contributed by atoms with Gasteiger partial charge < -0.3 is 25.6 Å². The normalized spacial score (nSPS) is 16.7. The largest absolute Gasteiger partial charge is 0.494 e. The second-order valence-electron chi connectivity index (χ2n) is 11.8. The lowest BCUT2D eigenvalue weighted by atomic mass is 9.80. The fourth-order valence-corrected chi connectivity index (χ4v) is 5.87. The number of fused-ring (bicyclic) bond motifs is 2. The Hall–Kier alpha value is -5.34. The molecule has 3 heterocycles. The van der Waals surface area contributed by atoms with Crippen molar-refractivity contribution in [2.45, 2.75) is 24.1 Å². The minimum absolute atomic E-state index is 0.0235. The Kier molecular flexibility index (Phi) is 8.64. The highest BCUT2D eigenvalue weighted by Gasteiger charge is 2.46. The van der Waals surface area contributed by atoms with Crippen molar-refractivity contribution in [1.29, 1.82) is 0 Å². The quantitative estimate of drug-likeness (QED) is 0.132. The van der Waals surface area contributed by atoms with E-state index in [1.54, 1.807) is 18.2 Å². The van der Waals surface area contributed by atoms with Crippen molar-refractivity contribution in [3.63, 3.8) is 0 Å². The summed E-state index contributed by atoms with van der Waals surface area (Å²) in [5.74, 6) is -3.76. The Bertz CT molecular complexity index is 2190. The molecule has 2 aromatic heterocycles. The van der Waals surface area contributed by atoms with Crippen LogP contribution >= 0.6 is 11.6 Å². The third-order valence-corrected chi connectivity index (χ3v) is 8.91. The van der Waals surface area contributed by atoms with E-state index in [2.05, 4.69) is 15.3 Å². The Balaban J connectivity index is 1.48. The molecular formula is C35H26ClF5N4O5. The van der Waals surface area contributed by atoms with E-state index in [9.17, 15) is 32.3 Å². The lowest BCUT2D eigenvalue weighted by molar-refractivity contribution is -0.137. The van der Waals surface area contributed by atoms with E-state index in [4.69, 9.17) is 26.8 Å². The van der Waals surface area contributed by atoms with Crippen molar-refractivity contribution in [2.75, 3.05) is 20.3 Å². The van der Waals surface area contributed by atoms with Crippen molar-refractivity contribution >= 4 is 34.3 Å². The molecule has 6 rings (SSSR count). The zero-order chi connectivity index (χ0) is 36.2. The first-order valence-electron chi connectivity index (χ1n) is 14.8. The van der Waals surface area contributed by atoms with Crippen LogP contribution in [-0.2, 0) is 22.0 Å². The number of nitrogens with zero attached hydrogens (tertiary/aromatic N) is 2. The van der Waals surface area contributed by atoms with Crippen molar-refractivity contribution in [2.24, 2.45) is 5.73 Å². The lowest BCUT2D eigenvalue weighted by Gasteiger charge is -2.30. The fraction of sp³-hybridized carbons (Fsp3) is 0.200. The van der Waals surface area contributed by atoms with E-state index < -0.39 is 57.8 Å². The number of nitrogens with one attached hydrogen (secondary N) is 1. The number of aromatic nitrogens is 2. The number of methoxy groups -OCH3 is 1. The average molecular weight is 713 g/mol. The summed E-state index contributed by atoms with van der Waals surface area (Å²) in [5, 5.41) is 14.6. The van der Waals surface area contributed by atoms with E-state index in [1.165, 1.54) is 44.4 Å². The van der Waals surface area contributed by atoms with Crippen LogP contribution in [-0.4, -0.2) is 47.2 Å². The molecule has 1 aliphatic heterocycles. The highest BCUT2D eigenvalue weighted by molar-refractivity contribution is 6.31. The number of halogens is 6. The van der Waals surface area contributed by atoms with Gasteiger partial charge in [-0.1, -0.05) is 41.9 Å². The summed E-state index contributed by atoms with van der Waals surface area (Å²) < 4.78 is 80.9. The number of hydrogen-bond donors (Lipinski definition) is 3. The molecule has 3 aromatic carbocycles. The predicted octanol–water partition coefficient (Wildman–Crippen LogP) is 6.06. The van der Waals surface area contributed by atoms with E-state index in [-0.39, 0.29) is 62.7 Å². The summed E-state index contributed by atoms with van der Waals surface area (Å²) in [6, 6.07) is 14.1. The summed E-state index contributed by atoms with van der Waals surface area (Å²) in [5.41, 5.74) is 0.622. The van der Waals surface area contributed by atoms with Gasteiger partial charge in [-0.3, -0.25) is 14.6 Å². The summed E-state index contributed by atoms with van der Waals surface area (Å²) >= 11 is 6.00. The molecule has 0 saturated carbocycles. The second-order valence-corrected chi connectivity index (χ2v) is 12.3. The number of nitrogens with two attached hydrogens (primary N) is 1. The number of amides is 2. The molecule has 5 aromatic rings. The number of pyridine rings is 2.